The molecule has 2 rings (SSSR count). The summed E-state index contributed by atoms with van der Waals surface area (Å²) in [6, 6.07) is 0.595. The minimum Gasteiger partial charge on any atom is -0.355 e. The average Bonchev–Trinajstić information content (AvgIpc) is 2.90. The molecule has 1 aliphatic rings. The molecule has 1 heterocycles. The lowest BCUT2D eigenvalue weighted by atomic mass is 10.4. The molecule has 1 fully saturated rings. The molecule has 0 saturated heterocycles. The second-order valence-corrected chi connectivity index (χ2v) is 4.76. The highest BCUT2D eigenvalue weighted by Gasteiger charge is 2.33. The molecule has 108 valence electrons. The third kappa shape index (κ3) is 4.63. The topological polar surface area (TPSA) is 67.1 Å². The molecular formula is C12H23IN6. The summed E-state index contributed by atoms with van der Waals surface area (Å²) in [6.07, 6.45) is 3.93. The predicted octanol–water partition coefficient (Wildman–Crippen LogP) is 1.03. The number of rotatable bonds is 5. The van der Waals surface area contributed by atoms with Gasteiger partial charge in [-0.3, -0.25) is 4.99 Å². The first-order valence-corrected chi connectivity index (χ1v) is 6.58. The van der Waals surface area contributed by atoms with Gasteiger partial charge in [-0.2, -0.15) is 0 Å². The van der Waals surface area contributed by atoms with Crippen LogP contribution in [0.2, 0.25) is 0 Å². The number of nitrogens with zero attached hydrogens (tertiary/aromatic N) is 4. The fourth-order valence-electron chi connectivity index (χ4n) is 1.93. The fraction of sp³-hybridized carbons (Fsp3) is 0.750. The fourth-order valence-corrected chi connectivity index (χ4v) is 1.93. The number of aryl methyl sites for hydroxylation is 1. The van der Waals surface area contributed by atoms with Crippen LogP contribution < -0.4 is 10.6 Å². The van der Waals surface area contributed by atoms with Gasteiger partial charge in [0.1, 0.15) is 12.2 Å². The van der Waals surface area contributed by atoms with Crippen molar-refractivity contribution in [3.8, 4) is 0 Å². The van der Waals surface area contributed by atoms with Crippen LogP contribution in [0.4, 0.5) is 0 Å². The van der Waals surface area contributed by atoms with Crippen LogP contribution in [0.3, 0.4) is 0 Å². The maximum Gasteiger partial charge on any atom is 0.191 e. The minimum atomic E-state index is 0. The van der Waals surface area contributed by atoms with Gasteiger partial charge in [-0.1, -0.05) is 13.8 Å². The van der Waals surface area contributed by atoms with Crippen molar-refractivity contribution in [2.24, 2.45) is 10.9 Å². The summed E-state index contributed by atoms with van der Waals surface area (Å²) in [5, 5.41) is 14.7. The van der Waals surface area contributed by atoms with E-state index < -0.39 is 0 Å². The van der Waals surface area contributed by atoms with Gasteiger partial charge < -0.3 is 15.2 Å². The van der Waals surface area contributed by atoms with E-state index in [9.17, 15) is 0 Å². The zero-order valence-corrected chi connectivity index (χ0v) is 14.1. The maximum absolute atomic E-state index is 4.22. The third-order valence-electron chi connectivity index (χ3n) is 3.31. The molecule has 0 aromatic carbocycles. The Morgan fingerprint density at radius 3 is 2.89 bits per heavy atom. The summed E-state index contributed by atoms with van der Waals surface area (Å²) in [6.45, 7) is 6.02. The van der Waals surface area contributed by atoms with Gasteiger partial charge in [0.15, 0.2) is 5.96 Å². The van der Waals surface area contributed by atoms with Crippen molar-refractivity contribution in [2.45, 2.75) is 39.3 Å². The van der Waals surface area contributed by atoms with Crippen LogP contribution in [0, 0.1) is 5.92 Å². The number of hydrogen-bond donors (Lipinski definition) is 2. The first kappa shape index (κ1) is 16.2. The Morgan fingerprint density at radius 2 is 2.32 bits per heavy atom. The molecule has 1 aromatic rings. The zero-order chi connectivity index (χ0) is 13.0. The Labute approximate surface area is 131 Å². The second kappa shape index (κ2) is 7.66. The molecule has 2 unspecified atom stereocenters. The number of halogens is 1. The van der Waals surface area contributed by atoms with E-state index in [-0.39, 0.29) is 24.0 Å². The molecule has 2 N–H and O–H groups in total. The molecule has 19 heavy (non-hydrogen) atoms. The van der Waals surface area contributed by atoms with Gasteiger partial charge in [0.2, 0.25) is 0 Å². The Bertz CT molecular complexity index is 416. The summed E-state index contributed by atoms with van der Waals surface area (Å²) in [7, 11) is 1.80. The number of aromatic nitrogens is 3. The van der Waals surface area contributed by atoms with E-state index in [4.69, 9.17) is 0 Å². The lowest BCUT2D eigenvalue weighted by Gasteiger charge is -2.12. The largest absolute Gasteiger partial charge is 0.355 e. The van der Waals surface area contributed by atoms with E-state index in [0.717, 1.165) is 37.2 Å². The van der Waals surface area contributed by atoms with E-state index in [2.05, 4.69) is 44.2 Å². The van der Waals surface area contributed by atoms with Crippen molar-refractivity contribution in [1.29, 1.82) is 0 Å². The van der Waals surface area contributed by atoms with E-state index in [0.29, 0.717) is 6.04 Å². The number of nitrogens with one attached hydrogen (secondary N) is 2. The molecule has 1 saturated carbocycles. The van der Waals surface area contributed by atoms with E-state index >= 15 is 0 Å². The summed E-state index contributed by atoms with van der Waals surface area (Å²) in [4.78, 5) is 4.22. The Kier molecular flexibility index (Phi) is 6.53. The van der Waals surface area contributed by atoms with Crippen LogP contribution in [0.25, 0.3) is 0 Å². The van der Waals surface area contributed by atoms with Crippen molar-refractivity contribution >= 4 is 29.9 Å². The predicted molar refractivity (Wildman–Crippen MR) is 86.9 cm³/mol. The van der Waals surface area contributed by atoms with Crippen LogP contribution in [-0.4, -0.2) is 40.4 Å². The number of hydrogen-bond acceptors (Lipinski definition) is 3. The highest BCUT2D eigenvalue weighted by molar-refractivity contribution is 14.0. The maximum atomic E-state index is 4.22. The van der Waals surface area contributed by atoms with E-state index in [1.807, 2.05) is 0 Å². The molecule has 1 aromatic heterocycles. The van der Waals surface area contributed by atoms with Gasteiger partial charge in [0, 0.05) is 32.6 Å². The molecule has 0 aliphatic heterocycles. The number of aliphatic imine (C=N–C) groups is 1. The molecule has 2 atom stereocenters. The lowest BCUT2D eigenvalue weighted by molar-refractivity contribution is 0.630. The summed E-state index contributed by atoms with van der Waals surface area (Å²) in [5.74, 6) is 2.68. The first-order valence-electron chi connectivity index (χ1n) is 6.58. The quantitative estimate of drug-likeness (QED) is 0.456. The van der Waals surface area contributed by atoms with Crippen molar-refractivity contribution < 1.29 is 0 Å². The normalized spacial score (nSPS) is 21.7. The van der Waals surface area contributed by atoms with Crippen LogP contribution in [0.5, 0.6) is 0 Å². The second-order valence-electron chi connectivity index (χ2n) is 4.76. The average molecular weight is 378 g/mol. The smallest absolute Gasteiger partial charge is 0.191 e. The van der Waals surface area contributed by atoms with Crippen molar-refractivity contribution in [2.75, 3.05) is 13.6 Å². The molecule has 0 amide bonds. The molecule has 6 nitrogen and oxygen atoms in total. The lowest BCUT2D eigenvalue weighted by Crippen LogP contribution is -2.40. The van der Waals surface area contributed by atoms with Gasteiger partial charge >= 0.3 is 0 Å². The van der Waals surface area contributed by atoms with Crippen molar-refractivity contribution in [3.05, 3.63) is 12.2 Å². The molecule has 7 heteroatoms. The van der Waals surface area contributed by atoms with Gasteiger partial charge in [-0.25, -0.2) is 0 Å². The van der Waals surface area contributed by atoms with Gasteiger partial charge in [-0.05, 0) is 12.3 Å². The zero-order valence-electron chi connectivity index (χ0n) is 11.8. The van der Waals surface area contributed by atoms with Crippen LogP contribution in [0.15, 0.2) is 11.3 Å². The molecule has 1 aliphatic carbocycles. The highest BCUT2D eigenvalue weighted by atomic mass is 127. The molecular weight excluding hydrogens is 355 g/mol. The summed E-state index contributed by atoms with van der Waals surface area (Å²) < 4.78 is 2.07. The van der Waals surface area contributed by atoms with Gasteiger partial charge in [0.05, 0.1) is 0 Å². The van der Waals surface area contributed by atoms with Crippen LogP contribution >= 0.6 is 24.0 Å². The molecule has 0 spiro atoms. The minimum absolute atomic E-state index is 0. The van der Waals surface area contributed by atoms with Gasteiger partial charge in [-0.15, -0.1) is 34.2 Å². The third-order valence-corrected chi connectivity index (χ3v) is 3.31. The molecule has 0 radical (unpaired) electrons. The van der Waals surface area contributed by atoms with Crippen molar-refractivity contribution in [1.82, 2.24) is 25.4 Å². The monoisotopic (exact) mass is 378 g/mol. The first-order chi connectivity index (χ1) is 8.74. The van der Waals surface area contributed by atoms with Crippen molar-refractivity contribution in [3.63, 3.8) is 0 Å². The van der Waals surface area contributed by atoms with Crippen LogP contribution in [-0.2, 0) is 13.0 Å². The van der Waals surface area contributed by atoms with E-state index in [1.165, 1.54) is 6.42 Å². The van der Waals surface area contributed by atoms with Gasteiger partial charge in [0.25, 0.3) is 0 Å². The standard InChI is InChI=1S/C12H22N6.HI/c1-4-11-17-15-8-18(11)6-5-14-12(13-3)16-10-7-9(10)2;/h8-10H,4-7H2,1-3H3,(H2,13,14,16);1H. The molecule has 0 bridgehead atoms. The highest BCUT2D eigenvalue weighted by Crippen LogP contribution is 2.28. The Hall–Kier alpha value is -0.860. The SMILES string of the molecule is CCc1nncn1CCNC(=NC)NC1CC1C.I. The summed E-state index contributed by atoms with van der Waals surface area (Å²) >= 11 is 0. The summed E-state index contributed by atoms with van der Waals surface area (Å²) in [5.41, 5.74) is 0. The Balaban J connectivity index is 0.00000180. The number of guanidine groups is 1. The van der Waals surface area contributed by atoms with Crippen LogP contribution in [0.1, 0.15) is 26.1 Å². The van der Waals surface area contributed by atoms with E-state index in [1.54, 1.807) is 13.4 Å². The Morgan fingerprint density at radius 1 is 1.58 bits per heavy atom.